The van der Waals surface area contributed by atoms with Crippen LogP contribution in [0.5, 0.6) is 0 Å². The molecule has 0 spiro atoms. The lowest BCUT2D eigenvalue weighted by atomic mass is 10.1. The first-order chi connectivity index (χ1) is 9.22. The minimum Gasteiger partial charge on any atom is -0.397 e. The van der Waals surface area contributed by atoms with Crippen LogP contribution in [0.3, 0.4) is 0 Å². The second-order valence-electron chi connectivity index (χ2n) is 4.49. The number of rotatable bonds is 2. The highest BCUT2D eigenvalue weighted by Crippen LogP contribution is 2.30. The van der Waals surface area contributed by atoms with E-state index in [4.69, 9.17) is 5.73 Å². The number of hydrogen-bond donors (Lipinski definition) is 1. The fourth-order valence-corrected chi connectivity index (χ4v) is 2.85. The average molecular weight is 266 g/mol. The van der Waals surface area contributed by atoms with Crippen LogP contribution in [0.1, 0.15) is 5.56 Å². The second kappa shape index (κ2) is 4.94. The Bertz CT molecular complexity index is 738. The Labute approximate surface area is 116 Å². The van der Waals surface area contributed by atoms with E-state index in [1.807, 2.05) is 13.0 Å². The normalized spacial score (nSPS) is 10.8. The van der Waals surface area contributed by atoms with Gasteiger partial charge in [0, 0.05) is 4.90 Å². The summed E-state index contributed by atoms with van der Waals surface area (Å²) in [5.41, 5.74) is 7.59. The number of benzene rings is 2. The molecule has 0 aliphatic carbocycles. The summed E-state index contributed by atoms with van der Waals surface area (Å²) >= 11 is 1.66. The Morgan fingerprint density at radius 1 is 1.00 bits per heavy atom. The van der Waals surface area contributed by atoms with Gasteiger partial charge in [-0.15, -0.1) is 0 Å². The topological polar surface area (TPSA) is 38.9 Å². The zero-order valence-corrected chi connectivity index (χ0v) is 11.4. The van der Waals surface area contributed by atoms with E-state index >= 15 is 0 Å². The maximum absolute atomic E-state index is 5.78. The number of nitrogen functional groups attached to an aromatic ring is 1. The summed E-state index contributed by atoms with van der Waals surface area (Å²) in [7, 11) is 0. The number of fused-ring (bicyclic) bond motifs is 1. The van der Waals surface area contributed by atoms with Crippen LogP contribution in [0, 0.1) is 6.92 Å². The third-order valence-electron chi connectivity index (χ3n) is 3.07. The predicted molar refractivity (Wildman–Crippen MR) is 81.5 cm³/mol. The number of pyridine rings is 1. The van der Waals surface area contributed by atoms with Gasteiger partial charge in [-0.2, -0.15) is 0 Å². The minimum absolute atomic E-state index is 0.739. The number of aromatic nitrogens is 1. The summed E-state index contributed by atoms with van der Waals surface area (Å²) in [5, 5.41) is 3.48. The van der Waals surface area contributed by atoms with Crippen LogP contribution in [-0.2, 0) is 0 Å². The lowest BCUT2D eigenvalue weighted by Crippen LogP contribution is -1.91. The molecule has 0 amide bonds. The molecule has 0 radical (unpaired) electrons. The summed E-state index contributed by atoms with van der Waals surface area (Å²) < 4.78 is 0. The molecule has 19 heavy (non-hydrogen) atoms. The van der Waals surface area contributed by atoms with E-state index in [-0.39, 0.29) is 0 Å². The van der Waals surface area contributed by atoms with Gasteiger partial charge in [-0.05, 0) is 41.5 Å². The molecule has 2 aromatic carbocycles. The van der Waals surface area contributed by atoms with Gasteiger partial charge < -0.3 is 5.73 Å². The number of nitrogens with zero attached hydrogens (tertiary/aromatic N) is 1. The third-order valence-corrected chi connectivity index (χ3v) is 3.99. The van der Waals surface area contributed by atoms with Gasteiger partial charge in [0.2, 0.25) is 0 Å². The smallest absolute Gasteiger partial charge is 0.101 e. The molecule has 3 aromatic rings. The molecule has 3 rings (SSSR count). The maximum atomic E-state index is 5.78. The highest BCUT2D eigenvalue weighted by atomic mass is 32.2. The molecule has 0 unspecified atom stereocenters. The molecule has 0 aliphatic heterocycles. The van der Waals surface area contributed by atoms with Crippen LogP contribution in [0.4, 0.5) is 5.69 Å². The zero-order valence-electron chi connectivity index (χ0n) is 10.6. The fourth-order valence-electron chi connectivity index (χ4n) is 1.95. The Hall–Kier alpha value is -2.00. The van der Waals surface area contributed by atoms with Crippen molar-refractivity contribution in [1.82, 2.24) is 4.98 Å². The van der Waals surface area contributed by atoms with Crippen LogP contribution in [0.25, 0.3) is 10.8 Å². The standard InChI is InChI=1S/C16H14N2S/c1-11-8-16(18-10-15(11)17)19-14-7-6-12-4-2-3-5-13(12)9-14/h2-10H,17H2,1H3. The van der Waals surface area contributed by atoms with Gasteiger partial charge in [-0.25, -0.2) is 4.98 Å². The summed E-state index contributed by atoms with van der Waals surface area (Å²) in [4.78, 5) is 5.54. The molecule has 0 fully saturated rings. The van der Waals surface area contributed by atoms with Crippen LogP contribution in [0.15, 0.2) is 64.6 Å². The molecular formula is C16H14N2S. The first-order valence-corrected chi connectivity index (χ1v) is 6.93. The maximum Gasteiger partial charge on any atom is 0.101 e. The van der Waals surface area contributed by atoms with E-state index in [1.165, 1.54) is 15.7 Å². The molecular weight excluding hydrogens is 252 g/mol. The molecule has 2 nitrogen and oxygen atoms in total. The molecule has 0 saturated heterocycles. The molecule has 0 atom stereocenters. The second-order valence-corrected chi connectivity index (χ2v) is 5.58. The first-order valence-electron chi connectivity index (χ1n) is 6.11. The average Bonchev–Trinajstić information content (AvgIpc) is 2.43. The number of aryl methyl sites for hydroxylation is 1. The zero-order chi connectivity index (χ0) is 13.2. The monoisotopic (exact) mass is 266 g/mol. The lowest BCUT2D eigenvalue weighted by Gasteiger charge is -2.05. The molecule has 0 saturated carbocycles. The van der Waals surface area contributed by atoms with Gasteiger partial charge in [0.25, 0.3) is 0 Å². The van der Waals surface area contributed by atoms with Crippen molar-refractivity contribution in [1.29, 1.82) is 0 Å². The van der Waals surface area contributed by atoms with E-state index < -0.39 is 0 Å². The number of hydrogen-bond acceptors (Lipinski definition) is 3. The molecule has 94 valence electrons. The van der Waals surface area contributed by atoms with Crippen LogP contribution in [-0.4, -0.2) is 4.98 Å². The lowest BCUT2D eigenvalue weighted by molar-refractivity contribution is 1.12. The van der Waals surface area contributed by atoms with E-state index in [2.05, 4.69) is 47.4 Å². The van der Waals surface area contributed by atoms with Crippen molar-refractivity contribution in [2.75, 3.05) is 5.73 Å². The van der Waals surface area contributed by atoms with Crippen molar-refractivity contribution in [3.05, 3.63) is 60.3 Å². The van der Waals surface area contributed by atoms with Gasteiger partial charge in [-0.1, -0.05) is 42.1 Å². The van der Waals surface area contributed by atoms with Gasteiger partial charge in [0.1, 0.15) is 5.03 Å². The fraction of sp³-hybridized carbons (Fsp3) is 0.0625. The van der Waals surface area contributed by atoms with Gasteiger partial charge in [0.05, 0.1) is 11.9 Å². The molecule has 3 heteroatoms. The largest absolute Gasteiger partial charge is 0.397 e. The Morgan fingerprint density at radius 3 is 2.58 bits per heavy atom. The van der Waals surface area contributed by atoms with Crippen molar-refractivity contribution >= 4 is 28.2 Å². The summed E-state index contributed by atoms with van der Waals surface area (Å²) in [6, 6.07) is 16.8. The molecule has 1 aromatic heterocycles. The summed E-state index contributed by atoms with van der Waals surface area (Å²) in [5.74, 6) is 0. The van der Waals surface area contributed by atoms with Crippen LogP contribution >= 0.6 is 11.8 Å². The summed E-state index contributed by atoms with van der Waals surface area (Å²) in [6.07, 6.45) is 1.72. The predicted octanol–water partition coefficient (Wildman–Crippen LogP) is 4.28. The Kier molecular flexibility index (Phi) is 3.13. The molecule has 2 N–H and O–H groups in total. The van der Waals surface area contributed by atoms with E-state index in [0.717, 1.165) is 16.3 Å². The van der Waals surface area contributed by atoms with E-state index in [1.54, 1.807) is 18.0 Å². The summed E-state index contributed by atoms with van der Waals surface area (Å²) in [6.45, 7) is 2.00. The van der Waals surface area contributed by atoms with Crippen molar-refractivity contribution in [2.24, 2.45) is 0 Å². The van der Waals surface area contributed by atoms with Gasteiger partial charge in [-0.3, -0.25) is 0 Å². The molecule has 1 heterocycles. The van der Waals surface area contributed by atoms with Crippen molar-refractivity contribution in [3.8, 4) is 0 Å². The van der Waals surface area contributed by atoms with Crippen LogP contribution in [0.2, 0.25) is 0 Å². The Balaban J connectivity index is 1.94. The highest BCUT2D eigenvalue weighted by Gasteiger charge is 2.02. The first kappa shape index (κ1) is 12.1. The number of anilines is 1. The number of nitrogens with two attached hydrogens (primary N) is 1. The van der Waals surface area contributed by atoms with Crippen molar-refractivity contribution < 1.29 is 0 Å². The van der Waals surface area contributed by atoms with Crippen molar-refractivity contribution in [3.63, 3.8) is 0 Å². The van der Waals surface area contributed by atoms with E-state index in [9.17, 15) is 0 Å². The minimum atomic E-state index is 0.739. The Morgan fingerprint density at radius 2 is 1.79 bits per heavy atom. The van der Waals surface area contributed by atoms with Gasteiger partial charge in [0.15, 0.2) is 0 Å². The van der Waals surface area contributed by atoms with Crippen LogP contribution < -0.4 is 5.73 Å². The third kappa shape index (κ3) is 2.56. The highest BCUT2D eigenvalue weighted by molar-refractivity contribution is 7.99. The SMILES string of the molecule is Cc1cc(Sc2ccc3ccccc3c2)ncc1N. The van der Waals surface area contributed by atoms with Gasteiger partial charge >= 0.3 is 0 Å². The molecule has 0 aliphatic rings. The van der Waals surface area contributed by atoms with E-state index in [0.29, 0.717) is 0 Å². The molecule has 0 bridgehead atoms. The quantitative estimate of drug-likeness (QED) is 0.752. The van der Waals surface area contributed by atoms with Crippen molar-refractivity contribution in [2.45, 2.75) is 16.8 Å².